The van der Waals surface area contributed by atoms with Crippen LogP contribution in [0, 0.1) is 18.9 Å². The van der Waals surface area contributed by atoms with E-state index in [2.05, 4.69) is 33.7 Å². The van der Waals surface area contributed by atoms with Crippen molar-refractivity contribution in [3.63, 3.8) is 0 Å². The van der Waals surface area contributed by atoms with Crippen LogP contribution in [0.3, 0.4) is 0 Å². The minimum Gasteiger partial charge on any atom is -0.379 e. The molecule has 0 spiro atoms. The van der Waals surface area contributed by atoms with Crippen molar-refractivity contribution in [2.75, 3.05) is 24.7 Å². The maximum absolute atomic E-state index is 13.9. The molecular weight excluding hydrogens is 307 g/mol. The molecule has 0 amide bonds. The zero-order valence-corrected chi connectivity index (χ0v) is 13.6. The summed E-state index contributed by atoms with van der Waals surface area (Å²) >= 11 is 6.03. The third-order valence-electron chi connectivity index (χ3n) is 4.31. The van der Waals surface area contributed by atoms with Gasteiger partial charge in [0.25, 0.3) is 0 Å². The van der Waals surface area contributed by atoms with Gasteiger partial charge in [-0.3, -0.25) is 0 Å². The molecule has 2 atom stereocenters. The molecule has 2 aromatic heterocycles. The van der Waals surface area contributed by atoms with Gasteiger partial charge in [0.2, 0.25) is 0 Å². The third-order valence-corrected chi connectivity index (χ3v) is 4.70. The summed E-state index contributed by atoms with van der Waals surface area (Å²) in [5, 5.41) is 1.04. The number of hydrogen-bond donors (Lipinski definition) is 0. The lowest BCUT2D eigenvalue weighted by atomic mass is 10.0. The molecule has 1 aliphatic rings. The van der Waals surface area contributed by atoms with E-state index >= 15 is 0 Å². The average Bonchev–Trinajstić information content (AvgIpc) is 2.65. The maximum atomic E-state index is 13.9. The van der Waals surface area contributed by atoms with Gasteiger partial charge in [0.1, 0.15) is 11.0 Å². The molecule has 5 nitrogen and oxygen atoms in total. The topological polar surface area (TPSA) is 51.1 Å². The Morgan fingerprint density at radius 2 is 2.14 bits per heavy atom. The lowest BCUT2D eigenvalue weighted by Gasteiger charge is -2.31. The highest BCUT2D eigenvalue weighted by molar-refractivity contribution is 6.31. The molecule has 1 aliphatic heterocycles. The van der Waals surface area contributed by atoms with Gasteiger partial charge >= 0.3 is 6.08 Å². The fourth-order valence-corrected chi connectivity index (χ4v) is 2.89. The van der Waals surface area contributed by atoms with Gasteiger partial charge in [-0.05, 0) is 19.8 Å². The number of fused-ring (bicyclic) bond motifs is 1. The summed E-state index contributed by atoms with van der Waals surface area (Å²) in [6.45, 7) is 7.92. The highest BCUT2D eigenvalue weighted by Crippen LogP contribution is 2.31. The number of anilines is 1. The van der Waals surface area contributed by atoms with E-state index in [-0.39, 0.29) is 6.04 Å². The molecule has 7 heteroatoms. The van der Waals surface area contributed by atoms with Crippen LogP contribution in [0.4, 0.5) is 10.2 Å². The predicted octanol–water partition coefficient (Wildman–Crippen LogP) is 2.99. The minimum atomic E-state index is -0.752. The van der Waals surface area contributed by atoms with E-state index in [0.717, 1.165) is 0 Å². The standard InChI is InChI=1S/C15H18ClFN4O/c1-8-7-22-5-4-21(10(8)3)14-11-6-18-13(16)9(2)12(11)19-15(17)20-14/h6,8,10H,4-5,7H2,1-3H3/t8-,10-/m1/s1. The molecule has 22 heavy (non-hydrogen) atoms. The molecule has 0 radical (unpaired) electrons. The third kappa shape index (κ3) is 2.61. The van der Waals surface area contributed by atoms with Crippen LogP contribution in [-0.4, -0.2) is 40.8 Å². The summed E-state index contributed by atoms with van der Waals surface area (Å²) in [7, 11) is 0. The van der Waals surface area contributed by atoms with Crippen LogP contribution >= 0.6 is 11.6 Å². The van der Waals surface area contributed by atoms with Gasteiger partial charge in [-0.15, -0.1) is 0 Å². The molecule has 0 saturated carbocycles. The zero-order chi connectivity index (χ0) is 15.9. The Morgan fingerprint density at radius 3 is 2.91 bits per heavy atom. The van der Waals surface area contributed by atoms with Crippen molar-refractivity contribution in [2.24, 2.45) is 5.92 Å². The Kier molecular flexibility index (Phi) is 4.14. The Bertz CT molecular complexity index is 711. The van der Waals surface area contributed by atoms with Gasteiger partial charge in [-0.2, -0.15) is 9.37 Å². The SMILES string of the molecule is Cc1c(Cl)ncc2c(N3CCOC[C@@H](C)[C@H]3C)nc(F)nc12. The second kappa shape index (κ2) is 5.93. The molecule has 3 heterocycles. The van der Waals surface area contributed by atoms with Gasteiger partial charge in [-0.1, -0.05) is 18.5 Å². The molecule has 0 aliphatic carbocycles. The van der Waals surface area contributed by atoms with Crippen molar-refractivity contribution >= 4 is 28.3 Å². The van der Waals surface area contributed by atoms with E-state index < -0.39 is 6.08 Å². The van der Waals surface area contributed by atoms with Crippen molar-refractivity contribution in [1.29, 1.82) is 0 Å². The van der Waals surface area contributed by atoms with Crippen LogP contribution in [0.2, 0.25) is 5.15 Å². The van der Waals surface area contributed by atoms with Gasteiger partial charge < -0.3 is 9.64 Å². The molecule has 1 fully saturated rings. The Labute approximate surface area is 133 Å². The van der Waals surface area contributed by atoms with Gasteiger partial charge in [0.15, 0.2) is 0 Å². The second-order valence-electron chi connectivity index (χ2n) is 5.74. The van der Waals surface area contributed by atoms with Crippen LogP contribution < -0.4 is 4.90 Å². The van der Waals surface area contributed by atoms with Crippen LogP contribution in [0.15, 0.2) is 6.20 Å². The van der Waals surface area contributed by atoms with Crippen molar-refractivity contribution in [2.45, 2.75) is 26.8 Å². The molecule has 0 unspecified atom stereocenters. The first-order chi connectivity index (χ1) is 10.5. The lowest BCUT2D eigenvalue weighted by molar-refractivity contribution is 0.124. The second-order valence-corrected chi connectivity index (χ2v) is 6.10. The lowest BCUT2D eigenvalue weighted by Crippen LogP contribution is -2.39. The molecule has 1 saturated heterocycles. The normalized spacial score (nSPS) is 22.9. The Hall–Kier alpha value is -1.53. The summed E-state index contributed by atoms with van der Waals surface area (Å²) in [6, 6.07) is 0.177. The van der Waals surface area contributed by atoms with Crippen LogP contribution in [-0.2, 0) is 4.74 Å². The molecule has 2 aromatic rings. The highest BCUT2D eigenvalue weighted by Gasteiger charge is 2.27. The fourth-order valence-electron chi connectivity index (χ4n) is 2.75. The van der Waals surface area contributed by atoms with Crippen LogP contribution in [0.1, 0.15) is 19.4 Å². The predicted molar refractivity (Wildman–Crippen MR) is 83.8 cm³/mol. The highest BCUT2D eigenvalue weighted by atomic mass is 35.5. The van der Waals surface area contributed by atoms with Gasteiger partial charge in [0.05, 0.1) is 24.1 Å². The van der Waals surface area contributed by atoms with Gasteiger partial charge in [0, 0.05) is 24.3 Å². The van der Waals surface area contributed by atoms with Crippen molar-refractivity contribution in [1.82, 2.24) is 15.0 Å². The van der Waals surface area contributed by atoms with Gasteiger partial charge in [-0.25, -0.2) is 9.97 Å². The minimum absolute atomic E-state index is 0.177. The first-order valence-corrected chi connectivity index (χ1v) is 7.69. The molecule has 3 rings (SSSR count). The molecule has 0 aromatic carbocycles. The number of aryl methyl sites for hydroxylation is 1. The summed E-state index contributed by atoms with van der Waals surface area (Å²) in [6.07, 6.45) is 0.862. The van der Waals surface area contributed by atoms with Crippen LogP contribution in [0.5, 0.6) is 0 Å². The summed E-state index contributed by atoms with van der Waals surface area (Å²) < 4.78 is 19.5. The smallest absolute Gasteiger partial charge is 0.311 e. The number of ether oxygens (including phenoxy) is 1. The molecule has 0 N–H and O–H groups in total. The summed E-state index contributed by atoms with van der Waals surface area (Å²) in [4.78, 5) is 14.2. The van der Waals surface area contributed by atoms with E-state index in [1.165, 1.54) is 0 Å². The van der Waals surface area contributed by atoms with Crippen molar-refractivity contribution < 1.29 is 9.13 Å². The number of aromatic nitrogens is 3. The fraction of sp³-hybridized carbons (Fsp3) is 0.533. The van der Waals surface area contributed by atoms with E-state index in [1.807, 2.05) is 0 Å². The van der Waals surface area contributed by atoms with Crippen molar-refractivity contribution in [3.8, 4) is 0 Å². The molecule has 118 valence electrons. The molecular formula is C15H18ClFN4O. The zero-order valence-electron chi connectivity index (χ0n) is 12.8. The summed E-state index contributed by atoms with van der Waals surface area (Å²) in [5.41, 5.74) is 1.17. The number of nitrogens with zero attached hydrogens (tertiary/aromatic N) is 4. The first-order valence-electron chi connectivity index (χ1n) is 7.31. The summed E-state index contributed by atoms with van der Waals surface area (Å²) in [5.74, 6) is 0.872. The van der Waals surface area contributed by atoms with E-state index in [4.69, 9.17) is 16.3 Å². The van der Waals surface area contributed by atoms with E-state index in [0.29, 0.717) is 53.1 Å². The monoisotopic (exact) mass is 324 g/mol. The maximum Gasteiger partial charge on any atom is 0.311 e. The average molecular weight is 325 g/mol. The van der Waals surface area contributed by atoms with E-state index in [1.54, 1.807) is 13.1 Å². The Balaban J connectivity index is 2.19. The number of pyridine rings is 1. The molecule has 0 bridgehead atoms. The van der Waals surface area contributed by atoms with Crippen molar-refractivity contribution in [3.05, 3.63) is 23.0 Å². The Morgan fingerprint density at radius 1 is 1.36 bits per heavy atom. The number of rotatable bonds is 1. The largest absolute Gasteiger partial charge is 0.379 e. The number of hydrogen-bond acceptors (Lipinski definition) is 5. The van der Waals surface area contributed by atoms with E-state index in [9.17, 15) is 4.39 Å². The first kappa shape index (κ1) is 15.4. The quantitative estimate of drug-likeness (QED) is 0.596. The van der Waals surface area contributed by atoms with Crippen LogP contribution in [0.25, 0.3) is 10.9 Å². The number of halogens is 2.